The van der Waals surface area contributed by atoms with Crippen molar-refractivity contribution in [2.45, 2.75) is 12.7 Å². The molecule has 0 unspecified atom stereocenters. The number of carbonyl (C=O) groups is 2. The molecule has 2 aromatic rings. The van der Waals surface area contributed by atoms with Crippen LogP contribution >= 0.6 is 0 Å². The Morgan fingerprint density at radius 2 is 1.86 bits per heavy atom. The molecule has 0 spiro atoms. The number of benzene rings is 2. The lowest BCUT2D eigenvalue weighted by molar-refractivity contribution is -0.137. The van der Waals surface area contributed by atoms with Crippen LogP contribution < -0.4 is 21.1 Å². The van der Waals surface area contributed by atoms with Gasteiger partial charge in [0.1, 0.15) is 11.6 Å². The number of likely N-dealkylation sites (N-methyl/N-ethyl adjacent to an activating group) is 1. The van der Waals surface area contributed by atoms with Gasteiger partial charge in [-0.05, 0) is 24.3 Å². The molecular formula is C19H19F3N4O3. The molecule has 29 heavy (non-hydrogen) atoms. The van der Waals surface area contributed by atoms with Gasteiger partial charge in [-0.25, -0.2) is 0 Å². The summed E-state index contributed by atoms with van der Waals surface area (Å²) in [5.41, 5.74) is 5.19. The zero-order valence-electron chi connectivity index (χ0n) is 15.4. The molecule has 10 heteroatoms. The average molecular weight is 408 g/mol. The van der Waals surface area contributed by atoms with Crippen molar-refractivity contribution in [1.29, 1.82) is 5.41 Å². The third-order valence-electron chi connectivity index (χ3n) is 3.91. The minimum Gasteiger partial charge on any atom is -0.483 e. The number of ether oxygens (including phenoxy) is 1. The van der Waals surface area contributed by atoms with Gasteiger partial charge in [0.15, 0.2) is 6.61 Å². The fourth-order valence-electron chi connectivity index (χ4n) is 2.33. The van der Waals surface area contributed by atoms with Crippen LogP contribution in [0, 0.1) is 5.41 Å². The van der Waals surface area contributed by atoms with E-state index in [0.717, 1.165) is 18.2 Å². The molecule has 2 aromatic carbocycles. The van der Waals surface area contributed by atoms with E-state index in [2.05, 4.69) is 10.6 Å². The van der Waals surface area contributed by atoms with Gasteiger partial charge in [-0.15, -0.1) is 0 Å². The maximum absolute atomic E-state index is 12.8. The molecule has 0 aromatic heterocycles. The number of nitrogens with one attached hydrogen (secondary N) is 3. The zero-order chi connectivity index (χ0) is 21.6. The lowest BCUT2D eigenvalue weighted by Gasteiger charge is -2.14. The predicted octanol–water partition coefficient (Wildman–Crippen LogP) is 2.04. The Labute approximate surface area is 164 Å². The van der Waals surface area contributed by atoms with Gasteiger partial charge in [0.05, 0.1) is 5.56 Å². The van der Waals surface area contributed by atoms with Crippen molar-refractivity contribution >= 4 is 17.6 Å². The first-order valence-corrected chi connectivity index (χ1v) is 8.38. The Balaban J connectivity index is 2.17. The molecule has 7 nitrogen and oxygen atoms in total. The Hall–Kier alpha value is -3.56. The number of halogens is 3. The van der Waals surface area contributed by atoms with Crippen LogP contribution in [-0.2, 0) is 17.5 Å². The number of hydrogen-bond acceptors (Lipinski definition) is 4. The summed E-state index contributed by atoms with van der Waals surface area (Å²) >= 11 is 0. The van der Waals surface area contributed by atoms with Crippen molar-refractivity contribution in [3.8, 4) is 5.75 Å². The van der Waals surface area contributed by atoms with E-state index in [0.29, 0.717) is 11.1 Å². The van der Waals surface area contributed by atoms with Crippen molar-refractivity contribution in [1.82, 2.24) is 10.6 Å². The predicted molar refractivity (Wildman–Crippen MR) is 99.6 cm³/mol. The van der Waals surface area contributed by atoms with Crippen LogP contribution in [0.15, 0.2) is 42.5 Å². The molecular weight excluding hydrogens is 389 g/mol. The van der Waals surface area contributed by atoms with Gasteiger partial charge >= 0.3 is 6.18 Å². The Bertz CT molecular complexity index is 929. The quantitative estimate of drug-likeness (QED) is 0.414. The summed E-state index contributed by atoms with van der Waals surface area (Å²) in [6, 6.07) is 8.57. The summed E-state index contributed by atoms with van der Waals surface area (Å²) in [6.45, 7) is -0.372. The normalized spacial score (nSPS) is 10.9. The molecule has 0 heterocycles. The van der Waals surface area contributed by atoms with Gasteiger partial charge in [0.2, 0.25) is 0 Å². The average Bonchev–Trinajstić information content (AvgIpc) is 2.69. The number of amidine groups is 1. The molecule has 0 fully saturated rings. The van der Waals surface area contributed by atoms with Gasteiger partial charge in [0, 0.05) is 30.3 Å². The second kappa shape index (κ2) is 9.09. The van der Waals surface area contributed by atoms with E-state index in [1.54, 1.807) is 6.07 Å². The van der Waals surface area contributed by atoms with Crippen LogP contribution in [0.1, 0.15) is 27.0 Å². The smallest absolute Gasteiger partial charge is 0.416 e. The van der Waals surface area contributed by atoms with Crippen LogP contribution in [0.3, 0.4) is 0 Å². The number of carbonyl (C=O) groups excluding carboxylic acids is 2. The first kappa shape index (κ1) is 21.7. The molecule has 2 amide bonds. The number of hydrogen-bond donors (Lipinski definition) is 4. The minimum absolute atomic E-state index is 0.0731. The Kier molecular flexibility index (Phi) is 6.81. The number of nitrogens with two attached hydrogens (primary N) is 1. The summed E-state index contributed by atoms with van der Waals surface area (Å²) in [5.74, 6) is -1.10. The molecule has 0 atom stereocenters. The van der Waals surface area contributed by atoms with Crippen molar-refractivity contribution in [2.75, 3.05) is 13.7 Å². The lowest BCUT2D eigenvalue weighted by atomic mass is 10.1. The van der Waals surface area contributed by atoms with Gasteiger partial charge in [-0.2, -0.15) is 13.2 Å². The van der Waals surface area contributed by atoms with Crippen LogP contribution in [-0.4, -0.2) is 31.3 Å². The number of amides is 2. The van der Waals surface area contributed by atoms with Gasteiger partial charge in [-0.1, -0.05) is 18.2 Å². The van der Waals surface area contributed by atoms with Crippen LogP contribution in [0.25, 0.3) is 0 Å². The third kappa shape index (κ3) is 5.96. The molecule has 0 aliphatic heterocycles. The molecule has 0 saturated carbocycles. The van der Waals surface area contributed by atoms with E-state index in [1.807, 2.05) is 0 Å². The van der Waals surface area contributed by atoms with Crippen LogP contribution in [0.5, 0.6) is 5.75 Å². The lowest BCUT2D eigenvalue weighted by Crippen LogP contribution is -2.26. The third-order valence-corrected chi connectivity index (χ3v) is 3.91. The second-order valence-electron chi connectivity index (χ2n) is 5.96. The van der Waals surface area contributed by atoms with Gasteiger partial charge in [0.25, 0.3) is 11.8 Å². The molecule has 0 bridgehead atoms. The van der Waals surface area contributed by atoms with Crippen LogP contribution in [0.2, 0.25) is 0 Å². The zero-order valence-corrected chi connectivity index (χ0v) is 15.4. The molecule has 154 valence electrons. The fourth-order valence-corrected chi connectivity index (χ4v) is 2.33. The molecule has 0 radical (unpaired) electrons. The standard InChI is InChI=1S/C19H19F3N4O3/c1-25-16(27)10-29-15-8-11(17(23)24)5-6-13(15)9-26-18(28)12-3-2-4-14(7-12)19(20,21)22/h2-8H,9-10H2,1H3,(H3,23,24)(H,25,27)(H,26,28). The monoisotopic (exact) mass is 408 g/mol. The highest BCUT2D eigenvalue weighted by Gasteiger charge is 2.30. The van der Waals surface area contributed by atoms with E-state index < -0.39 is 23.6 Å². The van der Waals surface area contributed by atoms with Gasteiger partial charge < -0.3 is 21.1 Å². The second-order valence-corrected chi connectivity index (χ2v) is 5.96. The summed E-state index contributed by atoms with van der Waals surface area (Å²) in [7, 11) is 1.44. The maximum atomic E-state index is 12.8. The summed E-state index contributed by atoms with van der Waals surface area (Å²) < 4.78 is 43.8. The fraction of sp³-hybridized carbons (Fsp3) is 0.211. The van der Waals surface area contributed by atoms with Crippen LogP contribution in [0.4, 0.5) is 13.2 Å². The summed E-state index contributed by atoms with van der Waals surface area (Å²) in [4.78, 5) is 23.7. The highest BCUT2D eigenvalue weighted by molar-refractivity contribution is 5.96. The van der Waals surface area contributed by atoms with E-state index in [1.165, 1.54) is 25.2 Å². The van der Waals surface area contributed by atoms with Gasteiger partial charge in [-0.3, -0.25) is 15.0 Å². The first-order chi connectivity index (χ1) is 13.6. The summed E-state index contributed by atoms with van der Waals surface area (Å²) in [6.07, 6.45) is -4.56. The molecule has 0 saturated heterocycles. The van der Waals surface area contributed by atoms with Crippen molar-refractivity contribution in [3.63, 3.8) is 0 Å². The molecule has 2 rings (SSSR count). The van der Waals surface area contributed by atoms with E-state index in [9.17, 15) is 22.8 Å². The molecule has 5 N–H and O–H groups in total. The SMILES string of the molecule is CNC(=O)COc1cc(C(=N)N)ccc1CNC(=O)c1cccc(C(F)(F)F)c1. The number of alkyl halides is 3. The number of nitrogen functional groups attached to an aromatic ring is 1. The Morgan fingerprint density at radius 1 is 1.14 bits per heavy atom. The maximum Gasteiger partial charge on any atom is 0.416 e. The van der Waals surface area contributed by atoms with E-state index in [-0.39, 0.29) is 30.3 Å². The largest absolute Gasteiger partial charge is 0.483 e. The Morgan fingerprint density at radius 3 is 2.48 bits per heavy atom. The topological polar surface area (TPSA) is 117 Å². The van der Waals surface area contributed by atoms with Crippen molar-refractivity contribution < 1.29 is 27.5 Å². The highest BCUT2D eigenvalue weighted by Crippen LogP contribution is 2.29. The van der Waals surface area contributed by atoms with Crippen molar-refractivity contribution in [3.05, 3.63) is 64.7 Å². The van der Waals surface area contributed by atoms with E-state index >= 15 is 0 Å². The number of rotatable bonds is 7. The summed E-state index contributed by atoms with van der Waals surface area (Å²) in [5, 5.41) is 12.4. The molecule has 0 aliphatic rings. The molecule has 0 aliphatic carbocycles. The highest BCUT2D eigenvalue weighted by atomic mass is 19.4. The van der Waals surface area contributed by atoms with Crippen molar-refractivity contribution in [2.24, 2.45) is 5.73 Å². The van der Waals surface area contributed by atoms with E-state index in [4.69, 9.17) is 15.9 Å². The first-order valence-electron chi connectivity index (χ1n) is 8.38. The minimum atomic E-state index is -4.56.